The minimum atomic E-state index is -0.216. The fraction of sp³-hybridized carbons (Fsp3) is 0.556. The van der Waals surface area contributed by atoms with Gasteiger partial charge in [0.1, 0.15) is 0 Å². The van der Waals surface area contributed by atoms with Crippen molar-refractivity contribution in [2.75, 3.05) is 13.1 Å². The summed E-state index contributed by atoms with van der Waals surface area (Å²) >= 11 is 1.42. The number of aryl methyl sites for hydroxylation is 1. The van der Waals surface area contributed by atoms with E-state index in [4.69, 9.17) is 0 Å². The molecule has 0 bridgehead atoms. The van der Waals surface area contributed by atoms with Crippen LogP contribution in [0.2, 0.25) is 0 Å². The Labute approximate surface area is 153 Å². The Balaban J connectivity index is 1.74. The molecule has 1 aliphatic rings. The van der Waals surface area contributed by atoms with Crippen molar-refractivity contribution in [1.29, 1.82) is 0 Å². The van der Waals surface area contributed by atoms with Gasteiger partial charge < -0.3 is 4.90 Å². The van der Waals surface area contributed by atoms with Gasteiger partial charge in [-0.2, -0.15) is 4.68 Å². The van der Waals surface area contributed by atoms with Crippen molar-refractivity contribution in [2.24, 2.45) is 11.8 Å². The smallest absolute Gasteiger partial charge is 0.235 e. The van der Waals surface area contributed by atoms with Crippen LogP contribution in [-0.4, -0.2) is 49.4 Å². The maximum absolute atomic E-state index is 12.9. The first-order chi connectivity index (χ1) is 12.0. The lowest BCUT2D eigenvalue weighted by Gasteiger charge is -2.36. The summed E-state index contributed by atoms with van der Waals surface area (Å²) in [4.78, 5) is 14.9. The molecule has 1 aliphatic heterocycles. The number of carbonyl (C=O) groups is 1. The summed E-state index contributed by atoms with van der Waals surface area (Å²) in [6, 6.07) is 7.96. The molecule has 7 heteroatoms. The van der Waals surface area contributed by atoms with Gasteiger partial charge in [-0.15, -0.1) is 5.10 Å². The lowest BCUT2D eigenvalue weighted by Crippen LogP contribution is -2.45. The van der Waals surface area contributed by atoms with Gasteiger partial charge in [-0.25, -0.2) is 0 Å². The molecule has 0 saturated carbocycles. The topological polar surface area (TPSA) is 63.9 Å². The van der Waals surface area contributed by atoms with Crippen LogP contribution in [-0.2, 0) is 4.79 Å². The normalized spacial score (nSPS) is 22.0. The summed E-state index contributed by atoms with van der Waals surface area (Å²) < 4.78 is 1.71. The highest BCUT2D eigenvalue weighted by Gasteiger charge is 2.29. The number of nitrogens with zero attached hydrogens (tertiary/aromatic N) is 5. The van der Waals surface area contributed by atoms with Crippen LogP contribution >= 0.6 is 11.8 Å². The number of thioether (sulfide) groups is 1. The second-order valence-corrected chi connectivity index (χ2v) is 8.42. The molecule has 1 saturated heterocycles. The third kappa shape index (κ3) is 4.03. The van der Waals surface area contributed by atoms with Crippen LogP contribution in [0.15, 0.2) is 29.4 Å². The summed E-state index contributed by atoms with van der Waals surface area (Å²) in [7, 11) is 0. The van der Waals surface area contributed by atoms with Crippen LogP contribution in [0.4, 0.5) is 0 Å². The summed E-state index contributed by atoms with van der Waals surface area (Å²) in [5, 5.41) is 12.5. The van der Waals surface area contributed by atoms with Crippen molar-refractivity contribution in [1.82, 2.24) is 25.1 Å². The van der Waals surface area contributed by atoms with E-state index in [-0.39, 0.29) is 11.2 Å². The average molecular weight is 359 g/mol. The summed E-state index contributed by atoms with van der Waals surface area (Å²) in [5.41, 5.74) is 2.03. The Hall–Kier alpha value is -1.89. The van der Waals surface area contributed by atoms with E-state index < -0.39 is 0 Å². The van der Waals surface area contributed by atoms with Crippen LogP contribution < -0.4 is 0 Å². The highest BCUT2D eigenvalue weighted by Crippen LogP contribution is 2.28. The van der Waals surface area contributed by atoms with Gasteiger partial charge in [-0.05, 0) is 54.2 Å². The lowest BCUT2D eigenvalue weighted by molar-refractivity contribution is -0.132. The fourth-order valence-corrected chi connectivity index (χ4v) is 4.40. The van der Waals surface area contributed by atoms with E-state index in [1.807, 2.05) is 43.0 Å². The molecule has 2 aromatic rings. The number of benzene rings is 1. The molecule has 3 rings (SSSR count). The van der Waals surface area contributed by atoms with E-state index >= 15 is 0 Å². The molecule has 0 N–H and O–H groups in total. The monoisotopic (exact) mass is 359 g/mol. The molecule has 0 radical (unpaired) electrons. The zero-order valence-corrected chi connectivity index (χ0v) is 16.0. The third-order valence-corrected chi connectivity index (χ3v) is 5.62. The number of aromatic nitrogens is 4. The second-order valence-electron chi connectivity index (χ2n) is 7.11. The van der Waals surface area contributed by atoms with Crippen molar-refractivity contribution in [2.45, 2.75) is 44.5 Å². The number of piperidine rings is 1. The number of tetrazole rings is 1. The van der Waals surface area contributed by atoms with Crippen molar-refractivity contribution in [3.8, 4) is 5.69 Å². The zero-order chi connectivity index (χ0) is 18.0. The van der Waals surface area contributed by atoms with Crippen molar-refractivity contribution in [3.05, 3.63) is 29.8 Å². The third-order valence-electron chi connectivity index (χ3n) is 4.60. The Bertz CT molecular complexity index is 737. The van der Waals surface area contributed by atoms with Crippen molar-refractivity contribution >= 4 is 17.7 Å². The first-order valence-electron chi connectivity index (χ1n) is 8.75. The van der Waals surface area contributed by atoms with Gasteiger partial charge in [-0.3, -0.25) is 4.79 Å². The van der Waals surface area contributed by atoms with E-state index in [0.29, 0.717) is 17.0 Å². The molecule has 1 aromatic carbocycles. The van der Waals surface area contributed by atoms with Gasteiger partial charge in [0.15, 0.2) is 0 Å². The first kappa shape index (κ1) is 17.9. The van der Waals surface area contributed by atoms with Crippen LogP contribution in [0.3, 0.4) is 0 Å². The standard InChI is InChI=1S/C18H25N5OS/c1-12-9-13(2)11-22(10-12)17(24)15(4)25-18-19-20-21-23(18)16-8-6-5-7-14(16)3/h5-8,12-13,15H,9-11H2,1-4H3/t12-,13-,15+/m0/s1. The van der Waals surface area contributed by atoms with Crippen molar-refractivity contribution < 1.29 is 4.79 Å². The van der Waals surface area contributed by atoms with Gasteiger partial charge in [0.05, 0.1) is 10.9 Å². The highest BCUT2D eigenvalue weighted by atomic mass is 32.2. The number of rotatable bonds is 4. The Morgan fingerprint density at radius 1 is 1.24 bits per heavy atom. The minimum absolute atomic E-state index is 0.169. The van der Waals surface area contributed by atoms with Gasteiger partial charge in [-0.1, -0.05) is 43.8 Å². The van der Waals surface area contributed by atoms with E-state index in [1.54, 1.807) is 4.68 Å². The summed E-state index contributed by atoms with van der Waals surface area (Å²) in [6.07, 6.45) is 1.19. The van der Waals surface area contributed by atoms with E-state index in [1.165, 1.54) is 18.2 Å². The largest absolute Gasteiger partial charge is 0.341 e. The van der Waals surface area contributed by atoms with Crippen LogP contribution in [0.25, 0.3) is 5.69 Å². The molecule has 0 spiro atoms. The van der Waals surface area contributed by atoms with Crippen LogP contribution in [0, 0.1) is 18.8 Å². The van der Waals surface area contributed by atoms with Crippen LogP contribution in [0.1, 0.15) is 32.8 Å². The molecule has 0 aliphatic carbocycles. The molecule has 25 heavy (non-hydrogen) atoms. The van der Waals surface area contributed by atoms with Gasteiger partial charge in [0.25, 0.3) is 0 Å². The first-order valence-corrected chi connectivity index (χ1v) is 9.63. The number of carbonyl (C=O) groups excluding carboxylic acids is 1. The minimum Gasteiger partial charge on any atom is -0.341 e. The maximum Gasteiger partial charge on any atom is 0.235 e. The molecule has 134 valence electrons. The summed E-state index contributed by atoms with van der Waals surface area (Å²) in [5.74, 6) is 1.28. The number of likely N-dealkylation sites (tertiary alicyclic amines) is 1. The summed E-state index contributed by atoms with van der Waals surface area (Å²) in [6.45, 7) is 10.1. The maximum atomic E-state index is 12.9. The molecule has 2 heterocycles. The number of para-hydroxylation sites is 1. The lowest BCUT2D eigenvalue weighted by atomic mass is 9.92. The predicted octanol–water partition coefficient (Wildman–Crippen LogP) is 2.96. The Kier molecular flexibility index (Phi) is 5.42. The predicted molar refractivity (Wildman–Crippen MR) is 98.7 cm³/mol. The molecular formula is C18H25N5OS. The van der Waals surface area contributed by atoms with Crippen LogP contribution in [0.5, 0.6) is 0 Å². The molecular weight excluding hydrogens is 334 g/mol. The van der Waals surface area contributed by atoms with E-state index in [2.05, 4.69) is 29.4 Å². The van der Waals surface area contributed by atoms with Gasteiger partial charge in [0, 0.05) is 13.1 Å². The molecule has 3 atom stereocenters. The highest BCUT2D eigenvalue weighted by molar-refractivity contribution is 8.00. The number of hydrogen-bond donors (Lipinski definition) is 0. The van der Waals surface area contributed by atoms with Gasteiger partial charge in [0.2, 0.25) is 11.1 Å². The molecule has 6 nitrogen and oxygen atoms in total. The number of hydrogen-bond acceptors (Lipinski definition) is 5. The quantitative estimate of drug-likeness (QED) is 0.785. The molecule has 1 fully saturated rings. The average Bonchev–Trinajstić information content (AvgIpc) is 3.01. The fourth-order valence-electron chi connectivity index (χ4n) is 3.51. The molecule has 1 aromatic heterocycles. The van der Waals surface area contributed by atoms with E-state index in [0.717, 1.165) is 24.3 Å². The zero-order valence-electron chi connectivity index (χ0n) is 15.2. The van der Waals surface area contributed by atoms with E-state index in [9.17, 15) is 4.79 Å². The molecule has 0 unspecified atom stereocenters. The number of amides is 1. The Morgan fingerprint density at radius 3 is 2.60 bits per heavy atom. The Morgan fingerprint density at radius 2 is 1.92 bits per heavy atom. The van der Waals surface area contributed by atoms with Crippen molar-refractivity contribution in [3.63, 3.8) is 0 Å². The second kappa shape index (κ2) is 7.56. The molecule has 1 amide bonds. The SMILES string of the molecule is Cc1ccccc1-n1nnnc1S[C@H](C)C(=O)N1C[C@@H](C)C[C@H](C)C1. The van der Waals surface area contributed by atoms with Gasteiger partial charge >= 0.3 is 0 Å².